The molecule has 258 valence electrons. The molecule has 4 amide bonds. The van der Waals surface area contributed by atoms with E-state index < -0.39 is 82.3 Å². The second-order valence-electron chi connectivity index (χ2n) is 13.1. The first-order valence-corrected chi connectivity index (χ1v) is 16.0. The summed E-state index contributed by atoms with van der Waals surface area (Å²) in [6.45, 7) is 2.85. The summed E-state index contributed by atoms with van der Waals surface area (Å²) in [7, 11) is 0. The molecule has 2 aliphatic heterocycles. The number of imide groups is 2. The Labute approximate surface area is 287 Å². The summed E-state index contributed by atoms with van der Waals surface area (Å²) >= 11 is 6.01. The summed E-state index contributed by atoms with van der Waals surface area (Å²) in [4.78, 5) is 70.5. The summed E-state index contributed by atoms with van der Waals surface area (Å²) in [5.41, 5.74) is -0.908. The first-order valence-electron chi connectivity index (χ1n) is 15.6. The van der Waals surface area contributed by atoms with Gasteiger partial charge in [0.1, 0.15) is 17.3 Å². The number of nitrogens with zero attached hydrogens (tertiary/aromatic N) is 2. The van der Waals surface area contributed by atoms with Crippen LogP contribution in [0.15, 0.2) is 72.3 Å². The molecule has 0 bridgehead atoms. The van der Waals surface area contributed by atoms with Crippen LogP contribution < -0.4 is 14.5 Å². The summed E-state index contributed by atoms with van der Waals surface area (Å²) in [5.74, 6) is -9.94. The second-order valence-corrected chi connectivity index (χ2v) is 13.6. The Balaban J connectivity index is 1.37. The number of Topliss-reactive ketones (excluding diaryl/α,β-unsaturated/α-hetero) is 1. The highest BCUT2D eigenvalue weighted by molar-refractivity contribution is 6.32. The number of carbonyl (C=O) groups is 5. The molecule has 50 heavy (non-hydrogen) atoms. The Bertz CT molecular complexity index is 2050. The predicted molar refractivity (Wildman–Crippen MR) is 170 cm³/mol. The monoisotopic (exact) mass is 710 g/mol. The number of benzene rings is 3. The van der Waals surface area contributed by atoms with Gasteiger partial charge in [0.2, 0.25) is 23.6 Å². The van der Waals surface area contributed by atoms with Crippen LogP contribution in [0, 0.1) is 34.9 Å². The van der Waals surface area contributed by atoms with Crippen molar-refractivity contribution in [1.82, 2.24) is 0 Å². The Hall–Kier alpha value is -5.04. The lowest BCUT2D eigenvalue weighted by Crippen LogP contribution is -2.49. The lowest BCUT2D eigenvalue weighted by atomic mass is 9.51. The highest BCUT2D eigenvalue weighted by Crippen LogP contribution is 2.64. The van der Waals surface area contributed by atoms with E-state index in [4.69, 9.17) is 11.6 Å². The number of hydrogen-bond donors (Lipinski definition) is 1. The lowest BCUT2D eigenvalue weighted by Gasteiger charge is -2.49. The molecule has 2 heterocycles. The SMILES string of the molecule is CC(=O)c1ccc(N2C(=O)C3CC=C4C(CC5C(=O)N(c6ccc(F)c(Cl)c6)C(=O)C5(C)C4c4cc(OC(F)(F)F)ccc4O)C3C2=O)cc1. The molecule has 3 fully saturated rings. The van der Waals surface area contributed by atoms with Gasteiger partial charge in [0.25, 0.3) is 0 Å². The van der Waals surface area contributed by atoms with Crippen LogP contribution in [0.25, 0.3) is 0 Å². The Morgan fingerprint density at radius 2 is 1.60 bits per heavy atom. The van der Waals surface area contributed by atoms with E-state index >= 15 is 0 Å². The van der Waals surface area contributed by atoms with E-state index in [0.717, 1.165) is 40.1 Å². The molecule has 0 spiro atoms. The number of ether oxygens (including phenoxy) is 1. The van der Waals surface area contributed by atoms with Gasteiger partial charge in [-0.1, -0.05) is 23.3 Å². The van der Waals surface area contributed by atoms with Gasteiger partial charge < -0.3 is 9.84 Å². The molecule has 1 N–H and O–H groups in total. The molecule has 1 saturated carbocycles. The zero-order valence-electron chi connectivity index (χ0n) is 26.3. The van der Waals surface area contributed by atoms with Gasteiger partial charge in [-0.15, -0.1) is 13.2 Å². The normalized spacial score (nSPS) is 27.6. The molecule has 6 unspecified atom stereocenters. The molecule has 3 aromatic carbocycles. The van der Waals surface area contributed by atoms with Crippen molar-refractivity contribution >= 4 is 52.4 Å². The maximum Gasteiger partial charge on any atom is 0.573 e. The number of amides is 4. The van der Waals surface area contributed by atoms with Crippen LogP contribution >= 0.6 is 11.6 Å². The third-order valence-electron chi connectivity index (χ3n) is 10.5. The van der Waals surface area contributed by atoms with E-state index in [1.807, 2.05) is 0 Å². The van der Waals surface area contributed by atoms with E-state index in [9.17, 15) is 46.6 Å². The smallest absolute Gasteiger partial charge is 0.508 e. The molecule has 0 radical (unpaired) electrons. The minimum Gasteiger partial charge on any atom is -0.508 e. The number of allylic oxidation sites excluding steroid dienone is 2. The summed E-state index contributed by atoms with van der Waals surface area (Å²) in [6.07, 6.45) is -3.49. The number of fused-ring (bicyclic) bond motifs is 4. The first kappa shape index (κ1) is 33.5. The Kier molecular flexibility index (Phi) is 7.70. The molecule has 6 atom stereocenters. The number of phenols is 1. The van der Waals surface area contributed by atoms with Crippen molar-refractivity contribution < 1.29 is 51.4 Å². The molecule has 3 aromatic rings. The van der Waals surface area contributed by atoms with Crippen molar-refractivity contribution in [2.75, 3.05) is 9.80 Å². The molecule has 2 aliphatic carbocycles. The van der Waals surface area contributed by atoms with Gasteiger partial charge in [-0.05, 0) is 93.3 Å². The number of carbonyl (C=O) groups excluding carboxylic acids is 5. The molecular weight excluding hydrogens is 684 g/mol. The van der Waals surface area contributed by atoms with Crippen molar-refractivity contribution in [2.45, 2.75) is 39.0 Å². The number of ketones is 1. The average Bonchev–Trinajstić information content (AvgIpc) is 3.42. The number of rotatable bonds is 5. The minimum absolute atomic E-state index is 0.0271. The molecule has 7 rings (SSSR count). The molecular formula is C36H27ClF4N2O7. The number of hydrogen-bond acceptors (Lipinski definition) is 7. The topological polar surface area (TPSA) is 121 Å². The molecule has 14 heteroatoms. The third kappa shape index (κ3) is 5.00. The van der Waals surface area contributed by atoms with Crippen LogP contribution in [0.5, 0.6) is 11.5 Å². The number of halogens is 5. The standard InChI is InChI=1S/C36H27ClF4N2O7/c1-16(44)17-3-5-18(6-4-17)42-31(46)22-10-9-21-23(29(22)33(42)48)15-25-32(47)43(19-7-11-27(38)26(37)13-19)34(49)35(25,2)30(21)24-14-20(8-12-28(24)45)50-36(39,40)41/h3-9,11-14,22-23,25,29-30,45H,10,15H2,1-2H3. The van der Waals surface area contributed by atoms with Crippen molar-refractivity contribution in [3.05, 3.63) is 94.3 Å². The average molecular weight is 711 g/mol. The van der Waals surface area contributed by atoms with Gasteiger partial charge >= 0.3 is 6.36 Å². The quantitative estimate of drug-likeness (QED) is 0.135. The van der Waals surface area contributed by atoms with Gasteiger partial charge in [-0.2, -0.15) is 0 Å². The van der Waals surface area contributed by atoms with Crippen LogP contribution in [-0.2, 0) is 19.2 Å². The van der Waals surface area contributed by atoms with Crippen LogP contribution in [0.1, 0.15) is 48.5 Å². The van der Waals surface area contributed by atoms with Crippen LogP contribution in [-0.4, -0.2) is 40.9 Å². The summed E-state index contributed by atoms with van der Waals surface area (Å²) in [6, 6.07) is 12.1. The van der Waals surface area contributed by atoms with Crippen LogP contribution in [0.4, 0.5) is 28.9 Å². The van der Waals surface area contributed by atoms with Crippen LogP contribution in [0.2, 0.25) is 5.02 Å². The van der Waals surface area contributed by atoms with Gasteiger partial charge in [0.05, 0.1) is 39.6 Å². The molecule has 9 nitrogen and oxygen atoms in total. The number of anilines is 2. The van der Waals surface area contributed by atoms with E-state index in [1.165, 1.54) is 44.2 Å². The highest BCUT2D eigenvalue weighted by Gasteiger charge is 2.68. The lowest BCUT2D eigenvalue weighted by molar-refractivity contribution is -0.274. The van der Waals surface area contributed by atoms with Gasteiger partial charge in [0, 0.05) is 17.0 Å². The molecule has 0 aromatic heterocycles. The van der Waals surface area contributed by atoms with Crippen molar-refractivity contribution in [3.8, 4) is 11.5 Å². The Morgan fingerprint density at radius 3 is 2.24 bits per heavy atom. The van der Waals surface area contributed by atoms with Crippen molar-refractivity contribution in [3.63, 3.8) is 0 Å². The first-order chi connectivity index (χ1) is 23.5. The van der Waals surface area contributed by atoms with Crippen molar-refractivity contribution in [1.29, 1.82) is 0 Å². The number of alkyl halides is 3. The zero-order chi connectivity index (χ0) is 36.0. The van der Waals surface area contributed by atoms with Crippen molar-refractivity contribution in [2.24, 2.45) is 29.1 Å². The van der Waals surface area contributed by atoms with E-state index in [0.29, 0.717) is 11.1 Å². The fourth-order valence-electron chi connectivity index (χ4n) is 8.29. The minimum atomic E-state index is -5.09. The zero-order valence-corrected chi connectivity index (χ0v) is 27.1. The number of aromatic hydroxyl groups is 1. The highest BCUT2D eigenvalue weighted by atomic mass is 35.5. The second kappa shape index (κ2) is 11.5. The van der Waals surface area contributed by atoms with Gasteiger partial charge in [-0.3, -0.25) is 28.9 Å². The maximum atomic E-state index is 14.5. The Morgan fingerprint density at radius 1 is 0.920 bits per heavy atom. The molecule has 4 aliphatic rings. The molecule has 2 saturated heterocycles. The number of phenolic OH excluding ortho intramolecular Hbond substituents is 1. The largest absolute Gasteiger partial charge is 0.573 e. The fraction of sp³-hybridized carbons (Fsp3) is 0.306. The maximum absolute atomic E-state index is 14.5. The summed E-state index contributed by atoms with van der Waals surface area (Å²) in [5, 5.41) is 10.8. The van der Waals surface area contributed by atoms with Crippen LogP contribution in [0.3, 0.4) is 0 Å². The van der Waals surface area contributed by atoms with E-state index in [1.54, 1.807) is 6.08 Å². The van der Waals surface area contributed by atoms with Gasteiger partial charge in [-0.25, -0.2) is 9.29 Å². The van der Waals surface area contributed by atoms with Gasteiger partial charge in [0.15, 0.2) is 5.78 Å². The summed E-state index contributed by atoms with van der Waals surface area (Å²) < 4.78 is 58.2. The van der Waals surface area contributed by atoms with E-state index in [2.05, 4.69) is 4.74 Å². The fourth-order valence-corrected chi connectivity index (χ4v) is 8.46. The van der Waals surface area contributed by atoms with E-state index in [-0.39, 0.29) is 40.6 Å². The predicted octanol–water partition coefficient (Wildman–Crippen LogP) is 6.72. The third-order valence-corrected chi connectivity index (χ3v) is 10.8.